The second kappa shape index (κ2) is 6.41. The Kier molecular flexibility index (Phi) is 4.33. The van der Waals surface area contributed by atoms with Crippen molar-refractivity contribution in [2.75, 3.05) is 11.4 Å². The summed E-state index contributed by atoms with van der Waals surface area (Å²) < 4.78 is 0. The third kappa shape index (κ3) is 3.07. The fourth-order valence-electron chi connectivity index (χ4n) is 3.01. The molecule has 0 fully saturated rings. The van der Waals surface area contributed by atoms with Crippen LogP contribution in [-0.2, 0) is 11.2 Å². The lowest BCUT2D eigenvalue weighted by Gasteiger charge is -2.19. The van der Waals surface area contributed by atoms with Gasteiger partial charge in [-0.15, -0.1) is 0 Å². The Morgan fingerprint density at radius 1 is 1.04 bits per heavy atom. The first-order valence-corrected chi connectivity index (χ1v) is 8.32. The molecule has 23 heavy (non-hydrogen) atoms. The summed E-state index contributed by atoms with van der Waals surface area (Å²) in [4.78, 5) is 14.8. The van der Waals surface area contributed by atoms with E-state index < -0.39 is 0 Å². The lowest BCUT2D eigenvalue weighted by Crippen LogP contribution is -2.30. The maximum atomic E-state index is 12.9. The van der Waals surface area contributed by atoms with Crippen LogP contribution in [0.2, 0.25) is 0 Å². The zero-order valence-electron chi connectivity index (χ0n) is 14.0. The molecular formula is C21H23NO. The first-order valence-electron chi connectivity index (χ1n) is 8.32. The van der Waals surface area contributed by atoms with Gasteiger partial charge in [-0.1, -0.05) is 63.2 Å². The number of benzene rings is 2. The zero-order valence-corrected chi connectivity index (χ0v) is 14.0. The SMILES string of the molecule is CCc1ccc(/C=C2\C(=O)N(CC(C)C)c3ccccc32)cc1. The van der Waals surface area contributed by atoms with Crippen LogP contribution in [0.5, 0.6) is 0 Å². The van der Waals surface area contributed by atoms with Crippen LogP contribution in [-0.4, -0.2) is 12.5 Å². The number of fused-ring (bicyclic) bond motifs is 1. The van der Waals surface area contributed by atoms with Gasteiger partial charge in [0.1, 0.15) is 0 Å². The van der Waals surface area contributed by atoms with Crippen LogP contribution in [0, 0.1) is 5.92 Å². The predicted octanol–water partition coefficient (Wildman–Crippen LogP) is 4.79. The molecule has 0 saturated carbocycles. The normalized spacial score (nSPS) is 15.6. The Bertz CT molecular complexity index is 741. The number of carbonyl (C=O) groups excluding carboxylic acids is 1. The van der Waals surface area contributed by atoms with Gasteiger partial charge in [-0.05, 0) is 35.6 Å². The van der Waals surface area contributed by atoms with Crippen LogP contribution >= 0.6 is 0 Å². The average molecular weight is 305 g/mol. The van der Waals surface area contributed by atoms with Crippen molar-refractivity contribution >= 4 is 23.2 Å². The number of nitrogens with zero attached hydrogens (tertiary/aromatic N) is 1. The van der Waals surface area contributed by atoms with Crippen LogP contribution in [0.4, 0.5) is 5.69 Å². The molecule has 0 spiro atoms. The van der Waals surface area contributed by atoms with E-state index in [-0.39, 0.29) is 5.91 Å². The van der Waals surface area contributed by atoms with Gasteiger partial charge >= 0.3 is 0 Å². The number of rotatable bonds is 4. The lowest BCUT2D eigenvalue weighted by molar-refractivity contribution is -0.113. The van der Waals surface area contributed by atoms with Crippen molar-refractivity contribution in [3.63, 3.8) is 0 Å². The summed E-state index contributed by atoms with van der Waals surface area (Å²) in [6, 6.07) is 16.5. The molecule has 0 atom stereocenters. The van der Waals surface area contributed by atoms with Crippen molar-refractivity contribution in [2.24, 2.45) is 5.92 Å². The summed E-state index contributed by atoms with van der Waals surface area (Å²) in [5.41, 5.74) is 5.25. The number of amides is 1. The Labute approximate surface area is 138 Å². The fourth-order valence-corrected chi connectivity index (χ4v) is 3.01. The minimum absolute atomic E-state index is 0.111. The monoisotopic (exact) mass is 305 g/mol. The van der Waals surface area contributed by atoms with Crippen molar-refractivity contribution < 1.29 is 4.79 Å². The van der Waals surface area contributed by atoms with Gasteiger partial charge in [-0.25, -0.2) is 0 Å². The second-order valence-corrected chi connectivity index (χ2v) is 6.48. The Morgan fingerprint density at radius 3 is 2.39 bits per heavy atom. The largest absolute Gasteiger partial charge is 0.307 e. The summed E-state index contributed by atoms with van der Waals surface area (Å²) in [7, 11) is 0. The third-order valence-corrected chi connectivity index (χ3v) is 4.21. The van der Waals surface area contributed by atoms with Crippen LogP contribution in [0.3, 0.4) is 0 Å². The maximum absolute atomic E-state index is 12.9. The van der Waals surface area contributed by atoms with Crippen molar-refractivity contribution in [1.82, 2.24) is 0 Å². The first kappa shape index (κ1) is 15.5. The number of aryl methyl sites for hydroxylation is 1. The van der Waals surface area contributed by atoms with Crippen LogP contribution < -0.4 is 4.90 Å². The molecule has 0 radical (unpaired) electrons. The molecule has 0 unspecified atom stereocenters. The molecule has 0 aromatic heterocycles. The van der Waals surface area contributed by atoms with Crippen molar-refractivity contribution in [3.05, 3.63) is 65.2 Å². The molecule has 2 aromatic carbocycles. The highest BCUT2D eigenvalue weighted by Crippen LogP contribution is 2.37. The van der Waals surface area contributed by atoms with E-state index in [9.17, 15) is 4.79 Å². The molecule has 0 saturated heterocycles. The van der Waals surface area contributed by atoms with Gasteiger partial charge in [0.25, 0.3) is 5.91 Å². The summed E-state index contributed by atoms with van der Waals surface area (Å²) in [6.45, 7) is 7.18. The summed E-state index contributed by atoms with van der Waals surface area (Å²) in [5.74, 6) is 0.551. The number of anilines is 1. The molecule has 1 heterocycles. The van der Waals surface area contributed by atoms with Crippen LogP contribution in [0.25, 0.3) is 11.6 Å². The number of hydrogen-bond donors (Lipinski definition) is 0. The van der Waals surface area contributed by atoms with Gasteiger partial charge in [0.2, 0.25) is 0 Å². The number of carbonyl (C=O) groups is 1. The van der Waals surface area contributed by atoms with Gasteiger partial charge < -0.3 is 4.90 Å². The van der Waals surface area contributed by atoms with Crippen LogP contribution in [0.15, 0.2) is 48.5 Å². The van der Waals surface area contributed by atoms with E-state index in [0.29, 0.717) is 5.92 Å². The minimum atomic E-state index is 0.111. The molecule has 1 amide bonds. The highest BCUT2D eigenvalue weighted by molar-refractivity contribution is 6.35. The van der Waals surface area contributed by atoms with E-state index in [1.54, 1.807) is 0 Å². The zero-order chi connectivity index (χ0) is 16.4. The molecule has 0 N–H and O–H groups in total. The number of hydrogen-bond acceptors (Lipinski definition) is 1. The van der Waals surface area contributed by atoms with E-state index in [2.05, 4.69) is 45.0 Å². The molecule has 1 aliphatic rings. The number of para-hydroxylation sites is 1. The lowest BCUT2D eigenvalue weighted by atomic mass is 10.0. The van der Waals surface area contributed by atoms with Gasteiger partial charge in [0, 0.05) is 17.7 Å². The van der Waals surface area contributed by atoms with E-state index >= 15 is 0 Å². The van der Waals surface area contributed by atoms with Gasteiger partial charge in [0.05, 0.1) is 5.69 Å². The highest BCUT2D eigenvalue weighted by atomic mass is 16.2. The summed E-state index contributed by atoms with van der Waals surface area (Å²) >= 11 is 0. The van der Waals surface area contributed by atoms with Gasteiger partial charge in [-0.3, -0.25) is 4.79 Å². The second-order valence-electron chi connectivity index (χ2n) is 6.48. The van der Waals surface area contributed by atoms with Gasteiger partial charge in [0.15, 0.2) is 0 Å². The minimum Gasteiger partial charge on any atom is -0.307 e. The average Bonchev–Trinajstić information content (AvgIpc) is 2.81. The van der Waals surface area contributed by atoms with Crippen molar-refractivity contribution in [3.8, 4) is 0 Å². The highest BCUT2D eigenvalue weighted by Gasteiger charge is 2.32. The van der Waals surface area contributed by atoms with Gasteiger partial charge in [-0.2, -0.15) is 0 Å². The summed E-state index contributed by atoms with van der Waals surface area (Å²) in [5, 5.41) is 0. The smallest absolute Gasteiger partial charge is 0.259 e. The molecule has 2 heteroatoms. The van der Waals surface area contributed by atoms with E-state index in [1.165, 1.54) is 5.56 Å². The first-order chi connectivity index (χ1) is 11.1. The quantitative estimate of drug-likeness (QED) is 0.744. The Hall–Kier alpha value is -2.35. The fraction of sp³-hybridized carbons (Fsp3) is 0.286. The summed E-state index contributed by atoms with van der Waals surface area (Å²) in [6.07, 6.45) is 3.04. The Morgan fingerprint density at radius 2 is 1.74 bits per heavy atom. The van der Waals surface area contributed by atoms with Crippen molar-refractivity contribution in [2.45, 2.75) is 27.2 Å². The molecule has 118 valence electrons. The molecule has 2 nitrogen and oxygen atoms in total. The van der Waals surface area contributed by atoms with Crippen LogP contribution in [0.1, 0.15) is 37.5 Å². The third-order valence-electron chi connectivity index (χ3n) is 4.21. The molecule has 1 aliphatic heterocycles. The standard InChI is InChI=1S/C21H23NO/c1-4-16-9-11-17(12-10-16)13-19-18-7-5-6-8-20(18)22(21(19)23)14-15(2)3/h5-13,15H,4,14H2,1-3H3/b19-13-. The molecule has 2 aromatic rings. The Balaban J connectivity index is 2.01. The van der Waals surface area contributed by atoms with E-state index in [1.807, 2.05) is 35.2 Å². The molecular weight excluding hydrogens is 282 g/mol. The predicted molar refractivity (Wildman–Crippen MR) is 97.3 cm³/mol. The topological polar surface area (TPSA) is 20.3 Å². The maximum Gasteiger partial charge on any atom is 0.259 e. The molecule has 0 bridgehead atoms. The molecule has 3 rings (SSSR count). The van der Waals surface area contributed by atoms with E-state index in [4.69, 9.17) is 0 Å². The van der Waals surface area contributed by atoms with Crippen molar-refractivity contribution in [1.29, 1.82) is 0 Å². The molecule has 0 aliphatic carbocycles. The van der Waals surface area contributed by atoms with E-state index in [0.717, 1.165) is 35.4 Å².